The molecular formula is C7H5Cl3N2O2. The molecule has 0 radical (unpaired) electrons. The zero-order chi connectivity index (χ0) is 10.9. The van der Waals surface area contributed by atoms with Gasteiger partial charge in [0, 0.05) is 5.56 Å². The maximum absolute atomic E-state index is 10.7. The summed E-state index contributed by atoms with van der Waals surface area (Å²) in [6, 6.07) is 0. The van der Waals surface area contributed by atoms with Gasteiger partial charge in [0.15, 0.2) is 0 Å². The van der Waals surface area contributed by atoms with Gasteiger partial charge in [-0.05, 0) is 18.5 Å². The van der Waals surface area contributed by atoms with Crippen molar-refractivity contribution in [1.29, 1.82) is 0 Å². The molecule has 1 rings (SSSR count). The Labute approximate surface area is 94.8 Å². The van der Waals surface area contributed by atoms with E-state index in [1.165, 1.54) is 6.92 Å². The van der Waals surface area contributed by atoms with Crippen molar-refractivity contribution >= 4 is 40.8 Å². The largest absolute Gasteiger partial charge is 0.481 e. The summed E-state index contributed by atoms with van der Waals surface area (Å²) in [7, 11) is 0. The van der Waals surface area contributed by atoms with Crippen molar-refractivity contribution in [3.63, 3.8) is 0 Å². The van der Waals surface area contributed by atoms with Crippen molar-refractivity contribution in [2.75, 3.05) is 0 Å². The zero-order valence-electron chi connectivity index (χ0n) is 6.96. The smallest absolute Gasteiger partial charge is 0.310 e. The van der Waals surface area contributed by atoms with E-state index in [2.05, 4.69) is 9.97 Å². The van der Waals surface area contributed by atoms with Gasteiger partial charge in [-0.1, -0.05) is 23.2 Å². The summed E-state index contributed by atoms with van der Waals surface area (Å²) in [5, 5.41) is 8.56. The van der Waals surface area contributed by atoms with Gasteiger partial charge < -0.3 is 5.11 Å². The van der Waals surface area contributed by atoms with E-state index >= 15 is 0 Å². The van der Waals surface area contributed by atoms with Crippen molar-refractivity contribution < 1.29 is 9.90 Å². The second kappa shape index (κ2) is 4.29. The normalized spacial score (nSPS) is 12.6. The lowest BCUT2D eigenvalue weighted by Gasteiger charge is -2.09. The highest BCUT2D eigenvalue weighted by atomic mass is 35.5. The zero-order valence-corrected chi connectivity index (χ0v) is 9.23. The monoisotopic (exact) mass is 254 g/mol. The van der Waals surface area contributed by atoms with E-state index in [1.807, 2.05) is 0 Å². The predicted octanol–water partition coefficient (Wildman–Crippen LogP) is 2.62. The number of hydrogen-bond acceptors (Lipinski definition) is 3. The molecule has 76 valence electrons. The minimum Gasteiger partial charge on any atom is -0.481 e. The molecule has 0 aliphatic heterocycles. The molecule has 0 saturated carbocycles. The number of carbonyl (C=O) groups is 1. The molecule has 0 spiro atoms. The Morgan fingerprint density at radius 3 is 2.07 bits per heavy atom. The number of aliphatic carboxylic acids is 1. The molecule has 14 heavy (non-hydrogen) atoms. The van der Waals surface area contributed by atoms with Crippen LogP contribution < -0.4 is 0 Å². The average Bonchev–Trinajstić information content (AvgIpc) is 2.01. The van der Waals surface area contributed by atoms with Crippen molar-refractivity contribution in [3.8, 4) is 0 Å². The molecule has 0 aliphatic carbocycles. The highest BCUT2D eigenvalue weighted by Crippen LogP contribution is 2.29. The second-order valence-electron chi connectivity index (χ2n) is 2.55. The van der Waals surface area contributed by atoms with Gasteiger partial charge in [-0.25, -0.2) is 9.97 Å². The van der Waals surface area contributed by atoms with Gasteiger partial charge >= 0.3 is 5.97 Å². The minimum atomic E-state index is -1.06. The molecule has 7 heteroatoms. The van der Waals surface area contributed by atoms with Crippen LogP contribution in [-0.2, 0) is 4.79 Å². The number of halogens is 3. The van der Waals surface area contributed by atoms with Gasteiger partial charge in [0.05, 0.1) is 5.92 Å². The first-order valence-electron chi connectivity index (χ1n) is 3.54. The summed E-state index contributed by atoms with van der Waals surface area (Å²) in [5.74, 6) is -1.92. The number of carboxylic acid groups (broad SMARTS) is 1. The van der Waals surface area contributed by atoms with Crippen LogP contribution in [0.4, 0.5) is 0 Å². The fourth-order valence-corrected chi connectivity index (χ4v) is 1.84. The summed E-state index contributed by atoms with van der Waals surface area (Å²) in [4.78, 5) is 17.9. The first kappa shape index (κ1) is 11.5. The van der Waals surface area contributed by atoms with Gasteiger partial charge in [-0.2, -0.15) is 0 Å². The molecule has 1 N–H and O–H groups in total. The van der Waals surface area contributed by atoms with Crippen molar-refractivity contribution in [2.45, 2.75) is 12.8 Å². The Morgan fingerprint density at radius 2 is 1.71 bits per heavy atom. The number of nitrogens with zero attached hydrogens (tertiary/aromatic N) is 2. The average molecular weight is 255 g/mol. The van der Waals surface area contributed by atoms with Crippen molar-refractivity contribution in [2.24, 2.45) is 0 Å². The molecule has 1 aromatic rings. The van der Waals surface area contributed by atoms with Crippen LogP contribution in [0.3, 0.4) is 0 Å². The van der Waals surface area contributed by atoms with E-state index < -0.39 is 11.9 Å². The standard InChI is InChI=1S/C7H5Cl3N2O2/c1-2(6(13)14)3-4(8)11-7(10)12-5(3)9/h2H,1H3,(H,13,14). The second-order valence-corrected chi connectivity index (χ2v) is 3.60. The molecule has 1 atom stereocenters. The van der Waals surface area contributed by atoms with Crippen LogP contribution in [0.5, 0.6) is 0 Å². The van der Waals surface area contributed by atoms with Crippen LogP contribution in [0.1, 0.15) is 18.4 Å². The summed E-state index contributed by atoms with van der Waals surface area (Å²) >= 11 is 16.8. The topological polar surface area (TPSA) is 63.1 Å². The maximum atomic E-state index is 10.7. The third-order valence-electron chi connectivity index (χ3n) is 1.63. The molecule has 0 bridgehead atoms. The molecule has 1 aromatic heterocycles. The van der Waals surface area contributed by atoms with Gasteiger partial charge in [-0.15, -0.1) is 0 Å². The lowest BCUT2D eigenvalue weighted by molar-refractivity contribution is -0.138. The lowest BCUT2D eigenvalue weighted by Crippen LogP contribution is -2.10. The van der Waals surface area contributed by atoms with Crippen LogP contribution in [0.2, 0.25) is 15.6 Å². The molecule has 0 aliphatic rings. The third kappa shape index (κ3) is 2.26. The third-order valence-corrected chi connectivity index (χ3v) is 2.37. The molecule has 0 aromatic carbocycles. The number of carboxylic acids is 1. The number of hydrogen-bond donors (Lipinski definition) is 1. The van der Waals surface area contributed by atoms with E-state index in [9.17, 15) is 4.79 Å². The van der Waals surface area contributed by atoms with E-state index in [4.69, 9.17) is 39.9 Å². The van der Waals surface area contributed by atoms with Crippen molar-refractivity contribution in [3.05, 3.63) is 21.2 Å². The molecule has 1 heterocycles. The van der Waals surface area contributed by atoms with Crippen LogP contribution >= 0.6 is 34.8 Å². The molecular weight excluding hydrogens is 250 g/mol. The van der Waals surface area contributed by atoms with Crippen molar-refractivity contribution in [1.82, 2.24) is 9.97 Å². The van der Waals surface area contributed by atoms with Gasteiger partial charge in [0.2, 0.25) is 5.28 Å². The van der Waals surface area contributed by atoms with E-state index in [1.54, 1.807) is 0 Å². The lowest BCUT2D eigenvalue weighted by atomic mass is 10.1. The predicted molar refractivity (Wildman–Crippen MR) is 53.1 cm³/mol. The molecule has 0 saturated heterocycles. The van der Waals surface area contributed by atoms with Crippen LogP contribution in [0.25, 0.3) is 0 Å². The summed E-state index contributed by atoms with van der Waals surface area (Å²) in [6.45, 7) is 1.44. The molecule has 4 nitrogen and oxygen atoms in total. The van der Waals surface area contributed by atoms with Gasteiger partial charge in [-0.3, -0.25) is 4.79 Å². The van der Waals surface area contributed by atoms with Crippen LogP contribution in [0.15, 0.2) is 0 Å². The Hall–Kier alpha value is -0.580. The number of rotatable bonds is 2. The van der Waals surface area contributed by atoms with Gasteiger partial charge in [0.25, 0.3) is 0 Å². The minimum absolute atomic E-state index is 0.0371. The summed E-state index contributed by atoms with van der Waals surface area (Å²) < 4.78 is 0. The Kier molecular flexibility index (Phi) is 3.53. The highest BCUT2D eigenvalue weighted by Gasteiger charge is 2.22. The van der Waals surface area contributed by atoms with Gasteiger partial charge in [0.1, 0.15) is 10.3 Å². The molecule has 0 fully saturated rings. The Balaban J connectivity index is 3.27. The molecule has 1 unspecified atom stereocenters. The first-order chi connectivity index (χ1) is 6.43. The Bertz CT molecular complexity index is 360. The summed E-state index contributed by atoms with van der Waals surface area (Å²) in [6.07, 6.45) is 0. The van der Waals surface area contributed by atoms with E-state index in [0.717, 1.165) is 0 Å². The summed E-state index contributed by atoms with van der Waals surface area (Å²) in [5.41, 5.74) is 0.172. The maximum Gasteiger partial charge on any atom is 0.310 e. The number of aromatic nitrogens is 2. The fourth-order valence-electron chi connectivity index (χ4n) is 0.873. The van der Waals surface area contributed by atoms with Crippen LogP contribution in [0, 0.1) is 0 Å². The van der Waals surface area contributed by atoms with E-state index in [-0.39, 0.29) is 21.2 Å². The van der Waals surface area contributed by atoms with E-state index in [0.29, 0.717) is 0 Å². The highest BCUT2D eigenvalue weighted by molar-refractivity contribution is 6.36. The van der Waals surface area contributed by atoms with Crippen LogP contribution in [-0.4, -0.2) is 21.0 Å². The quantitative estimate of drug-likeness (QED) is 0.652. The Morgan fingerprint density at radius 1 is 1.29 bits per heavy atom. The SMILES string of the molecule is CC(C(=O)O)c1c(Cl)nc(Cl)nc1Cl. The fraction of sp³-hybridized carbons (Fsp3) is 0.286. The molecule has 0 amide bonds. The first-order valence-corrected chi connectivity index (χ1v) is 4.68.